The average Bonchev–Trinajstić information content (AvgIpc) is 2.28. The van der Waals surface area contributed by atoms with Crippen molar-refractivity contribution in [2.45, 2.75) is 37.4 Å². The first-order chi connectivity index (χ1) is 9.20. The predicted molar refractivity (Wildman–Crippen MR) is 73.2 cm³/mol. The highest BCUT2D eigenvalue weighted by atomic mass is 79.9. The van der Waals surface area contributed by atoms with E-state index in [1.165, 1.54) is 12.1 Å². The first-order valence-corrected chi connectivity index (χ1v) is 6.94. The van der Waals surface area contributed by atoms with Crippen LogP contribution in [0.5, 0.6) is 0 Å². The molecule has 3 nitrogen and oxygen atoms in total. The summed E-state index contributed by atoms with van der Waals surface area (Å²) < 4.78 is 39.0. The number of amides is 1. The molecule has 0 spiro atoms. The van der Waals surface area contributed by atoms with Crippen LogP contribution < -0.4 is 11.1 Å². The molecule has 20 heavy (non-hydrogen) atoms. The van der Waals surface area contributed by atoms with Gasteiger partial charge >= 0.3 is 6.18 Å². The Balaban J connectivity index is 2.14. The van der Waals surface area contributed by atoms with Gasteiger partial charge in [0.05, 0.1) is 11.3 Å². The van der Waals surface area contributed by atoms with Gasteiger partial charge in [0.15, 0.2) is 0 Å². The van der Waals surface area contributed by atoms with Crippen molar-refractivity contribution in [2.24, 2.45) is 5.73 Å². The van der Waals surface area contributed by atoms with Crippen molar-refractivity contribution in [3.63, 3.8) is 0 Å². The zero-order valence-electron chi connectivity index (χ0n) is 10.6. The van der Waals surface area contributed by atoms with Gasteiger partial charge in [0.1, 0.15) is 0 Å². The Labute approximate surface area is 122 Å². The van der Waals surface area contributed by atoms with Crippen LogP contribution in [0.15, 0.2) is 22.7 Å². The van der Waals surface area contributed by atoms with Crippen molar-refractivity contribution in [1.82, 2.24) is 0 Å². The number of hydrogen-bond donors (Lipinski definition) is 2. The first kappa shape index (κ1) is 15.3. The van der Waals surface area contributed by atoms with Crippen molar-refractivity contribution in [3.05, 3.63) is 28.2 Å². The summed E-state index contributed by atoms with van der Waals surface area (Å²) in [5, 5.41) is 2.31. The van der Waals surface area contributed by atoms with Crippen molar-refractivity contribution in [1.29, 1.82) is 0 Å². The average molecular weight is 351 g/mol. The predicted octanol–water partition coefficient (Wildman–Crippen LogP) is 3.68. The standard InChI is InChI=1S/C13H14BrF3N2O/c14-8-2-3-10(9(6-8)13(15,16)17)19-11(20)7-12(18)4-1-5-12/h2-3,6H,1,4-5,7,18H2,(H,19,20). The van der Waals surface area contributed by atoms with Crippen LogP contribution >= 0.6 is 15.9 Å². The van der Waals surface area contributed by atoms with E-state index < -0.39 is 23.2 Å². The monoisotopic (exact) mass is 350 g/mol. The van der Waals surface area contributed by atoms with Crippen LogP contribution in [0.3, 0.4) is 0 Å². The molecule has 0 aromatic heterocycles. The largest absolute Gasteiger partial charge is 0.418 e. The maximum Gasteiger partial charge on any atom is 0.418 e. The number of carbonyl (C=O) groups is 1. The van der Waals surface area contributed by atoms with Crippen molar-refractivity contribution in [2.75, 3.05) is 5.32 Å². The van der Waals surface area contributed by atoms with Gasteiger partial charge in [-0.2, -0.15) is 13.2 Å². The number of nitrogens with two attached hydrogens (primary N) is 1. The van der Waals surface area contributed by atoms with Crippen molar-refractivity contribution in [3.8, 4) is 0 Å². The number of carbonyl (C=O) groups excluding carboxylic acids is 1. The Kier molecular flexibility index (Phi) is 4.11. The Bertz CT molecular complexity index is 527. The number of hydrogen-bond acceptors (Lipinski definition) is 2. The molecule has 1 aromatic carbocycles. The summed E-state index contributed by atoms with van der Waals surface area (Å²) >= 11 is 2.99. The van der Waals surface area contributed by atoms with Crippen LogP contribution in [0.2, 0.25) is 0 Å². The lowest BCUT2D eigenvalue weighted by Crippen LogP contribution is -2.49. The summed E-state index contributed by atoms with van der Waals surface area (Å²) in [5.74, 6) is -0.486. The van der Waals surface area contributed by atoms with Gasteiger partial charge in [-0.1, -0.05) is 15.9 Å². The van der Waals surface area contributed by atoms with Gasteiger partial charge in [0, 0.05) is 16.4 Å². The highest BCUT2D eigenvalue weighted by molar-refractivity contribution is 9.10. The molecule has 3 N–H and O–H groups in total. The van der Waals surface area contributed by atoms with E-state index in [0.717, 1.165) is 25.3 Å². The molecule has 0 radical (unpaired) electrons. The van der Waals surface area contributed by atoms with Gasteiger partial charge in [-0.15, -0.1) is 0 Å². The number of rotatable bonds is 3. The minimum absolute atomic E-state index is 0.0420. The van der Waals surface area contributed by atoms with Gasteiger partial charge in [-0.05, 0) is 37.5 Å². The van der Waals surface area contributed by atoms with Crippen LogP contribution in [0.4, 0.5) is 18.9 Å². The van der Waals surface area contributed by atoms with E-state index in [2.05, 4.69) is 21.2 Å². The molecule has 1 aliphatic carbocycles. The molecule has 0 heterocycles. The number of halogens is 4. The van der Waals surface area contributed by atoms with Crippen LogP contribution in [0.25, 0.3) is 0 Å². The molecule has 1 aromatic rings. The quantitative estimate of drug-likeness (QED) is 0.873. The molecular formula is C13H14BrF3N2O. The third kappa shape index (κ3) is 3.52. The minimum Gasteiger partial charge on any atom is -0.325 e. The maximum atomic E-state index is 12.9. The highest BCUT2D eigenvalue weighted by Gasteiger charge is 2.37. The van der Waals surface area contributed by atoms with Gasteiger partial charge < -0.3 is 11.1 Å². The second kappa shape index (κ2) is 5.37. The molecule has 2 rings (SSSR count). The molecule has 0 unspecified atom stereocenters. The molecule has 0 aliphatic heterocycles. The third-order valence-corrected chi connectivity index (χ3v) is 3.92. The lowest BCUT2D eigenvalue weighted by Gasteiger charge is -2.37. The molecule has 0 atom stereocenters. The zero-order valence-corrected chi connectivity index (χ0v) is 12.1. The lowest BCUT2D eigenvalue weighted by molar-refractivity contribution is -0.137. The third-order valence-electron chi connectivity index (χ3n) is 3.42. The molecule has 1 aliphatic rings. The van der Waals surface area contributed by atoms with Crippen LogP contribution in [-0.4, -0.2) is 11.4 Å². The van der Waals surface area contributed by atoms with E-state index >= 15 is 0 Å². The van der Waals surface area contributed by atoms with Gasteiger partial charge in [-0.25, -0.2) is 0 Å². The van der Waals surface area contributed by atoms with E-state index in [9.17, 15) is 18.0 Å². The topological polar surface area (TPSA) is 55.1 Å². The Hall–Kier alpha value is -1.08. The second-order valence-corrected chi connectivity index (χ2v) is 6.04. The zero-order chi connectivity index (χ0) is 15.0. The van der Waals surface area contributed by atoms with E-state index in [1.54, 1.807) is 0 Å². The summed E-state index contributed by atoms with van der Waals surface area (Å²) in [6.45, 7) is 0. The summed E-state index contributed by atoms with van der Waals surface area (Å²) in [5.41, 5.74) is 4.24. The first-order valence-electron chi connectivity index (χ1n) is 6.15. The van der Waals surface area contributed by atoms with E-state index in [1.807, 2.05) is 0 Å². The Morgan fingerprint density at radius 2 is 2.05 bits per heavy atom. The van der Waals surface area contributed by atoms with Crippen molar-refractivity contribution >= 4 is 27.5 Å². The lowest BCUT2D eigenvalue weighted by atomic mass is 9.75. The summed E-state index contributed by atoms with van der Waals surface area (Å²) in [6.07, 6.45) is -2.07. The van der Waals surface area contributed by atoms with Crippen LogP contribution in [0.1, 0.15) is 31.2 Å². The van der Waals surface area contributed by atoms with E-state index in [4.69, 9.17) is 5.73 Å². The second-order valence-electron chi connectivity index (χ2n) is 5.13. The van der Waals surface area contributed by atoms with E-state index in [-0.39, 0.29) is 12.1 Å². The Morgan fingerprint density at radius 1 is 1.40 bits per heavy atom. The number of benzene rings is 1. The summed E-state index contributed by atoms with van der Waals surface area (Å²) in [6, 6.07) is 3.62. The van der Waals surface area contributed by atoms with Gasteiger partial charge in [0.2, 0.25) is 5.91 Å². The van der Waals surface area contributed by atoms with E-state index in [0.29, 0.717) is 4.47 Å². The number of alkyl halides is 3. The van der Waals surface area contributed by atoms with Crippen molar-refractivity contribution < 1.29 is 18.0 Å². The smallest absolute Gasteiger partial charge is 0.325 e. The summed E-state index contributed by atoms with van der Waals surface area (Å²) in [7, 11) is 0. The molecule has 110 valence electrons. The SMILES string of the molecule is NC1(CC(=O)Nc2ccc(Br)cc2C(F)(F)F)CCC1. The molecule has 7 heteroatoms. The molecule has 1 fully saturated rings. The molecule has 1 saturated carbocycles. The molecule has 0 bridgehead atoms. The fourth-order valence-corrected chi connectivity index (χ4v) is 2.54. The fraction of sp³-hybridized carbons (Fsp3) is 0.462. The maximum absolute atomic E-state index is 12.9. The minimum atomic E-state index is -4.52. The fourth-order valence-electron chi connectivity index (χ4n) is 2.18. The molecule has 1 amide bonds. The van der Waals surface area contributed by atoms with Gasteiger partial charge in [-0.3, -0.25) is 4.79 Å². The number of anilines is 1. The molecule has 0 saturated heterocycles. The Morgan fingerprint density at radius 3 is 2.55 bits per heavy atom. The van der Waals surface area contributed by atoms with Gasteiger partial charge in [0.25, 0.3) is 0 Å². The number of nitrogens with one attached hydrogen (secondary N) is 1. The van der Waals surface area contributed by atoms with Crippen LogP contribution in [0, 0.1) is 0 Å². The highest BCUT2D eigenvalue weighted by Crippen LogP contribution is 2.37. The molecular weight excluding hydrogens is 337 g/mol. The van der Waals surface area contributed by atoms with Crippen LogP contribution in [-0.2, 0) is 11.0 Å². The normalized spacial score (nSPS) is 17.4. The summed E-state index contributed by atoms with van der Waals surface area (Å²) in [4.78, 5) is 11.8.